The first kappa shape index (κ1) is 19.2. The summed E-state index contributed by atoms with van der Waals surface area (Å²) in [6.45, 7) is 8.73. The zero-order valence-electron chi connectivity index (χ0n) is 14.3. The van der Waals surface area contributed by atoms with E-state index in [2.05, 4.69) is 36.3 Å². The summed E-state index contributed by atoms with van der Waals surface area (Å²) in [4.78, 5) is 7.15. The molecular formula is C18H26ClN3OS. The van der Waals surface area contributed by atoms with Gasteiger partial charge in [0.1, 0.15) is 17.4 Å². The Morgan fingerprint density at radius 2 is 2.08 bits per heavy atom. The topological polar surface area (TPSA) is 51.4 Å². The predicted octanol–water partition coefficient (Wildman–Crippen LogP) is 3.62. The minimum Gasteiger partial charge on any atom is -0.486 e. The van der Waals surface area contributed by atoms with E-state index in [9.17, 15) is 0 Å². The van der Waals surface area contributed by atoms with Crippen molar-refractivity contribution in [1.82, 2.24) is 9.88 Å². The van der Waals surface area contributed by atoms with Crippen molar-refractivity contribution in [2.75, 3.05) is 19.6 Å². The van der Waals surface area contributed by atoms with Crippen LogP contribution in [-0.4, -0.2) is 29.5 Å². The molecule has 2 N–H and O–H groups in total. The summed E-state index contributed by atoms with van der Waals surface area (Å²) in [7, 11) is 0. The van der Waals surface area contributed by atoms with Crippen LogP contribution in [-0.2, 0) is 13.2 Å². The molecule has 6 heteroatoms. The number of aryl methyl sites for hydroxylation is 1. The van der Waals surface area contributed by atoms with E-state index in [1.165, 1.54) is 12.0 Å². The molecule has 0 saturated carbocycles. The third-order valence-corrected chi connectivity index (χ3v) is 5.37. The summed E-state index contributed by atoms with van der Waals surface area (Å²) in [5, 5.41) is 3.17. The number of thiazole rings is 1. The van der Waals surface area contributed by atoms with Crippen molar-refractivity contribution < 1.29 is 4.74 Å². The van der Waals surface area contributed by atoms with Crippen molar-refractivity contribution >= 4 is 23.7 Å². The quantitative estimate of drug-likeness (QED) is 0.847. The number of ether oxygens (including phenoxy) is 1. The van der Waals surface area contributed by atoms with Crippen molar-refractivity contribution in [2.24, 2.45) is 11.1 Å². The van der Waals surface area contributed by atoms with Gasteiger partial charge in [-0.3, -0.25) is 4.90 Å². The molecule has 3 rings (SSSR count). The van der Waals surface area contributed by atoms with Gasteiger partial charge in [-0.2, -0.15) is 0 Å². The maximum absolute atomic E-state index is 5.88. The Bertz CT molecular complexity index is 646. The first-order valence-corrected chi connectivity index (χ1v) is 8.99. The van der Waals surface area contributed by atoms with Crippen LogP contribution >= 0.6 is 23.7 Å². The van der Waals surface area contributed by atoms with Gasteiger partial charge in [0.2, 0.25) is 0 Å². The number of hydrogen-bond donors (Lipinski definition) is 1. The fourth-order valence-corrected chi connectivity index (χ4v) is 3.62. The minimum absolute atomic E-state index is 0. The van der Waals surface area contributed by atoms with Gasteiger partial charge in [-0.15, -0.1) is 23.7 Å². The van der Waals surface area contributed by atoms with Crippen LogP contribution < -0.4 is 10.5 Å². The van der Waals surface area contributed by atoms with E-state index in [-0.39, 0.29) is 17.8 Å². The van der Waals surface area contributed by atoms with Crippen LogP contribution in [0.2, 0.25) is 0 Å². The summed E-state index contributed by atoms with van der Waals surface area (Å²) < 4.78 is 5.80. The molecule has 1 fully saturated rings. The maximum atomic E-state index is 5.88. The number of nitrogens with zero attached hydrogens (tertiary/aromatic N) is 2. The number of aromatic nitrogens is 1. The van der Waals surface area contributed by atoms with Crippen molar-refractivity contribution in [3.63, 3.8) is 0 Å². The smallest absolute Gasteiger partial charge is 0.140 e. The second kappa shape index (κ2) is 8.30. The Hall–Kier alpha value is -1.14. The fourth-order valence-electron chi connectivity index (χ4n) is 2.92. The van der Waals surface area contributed by atoms with Gasteiger partial charge >= 0.3 is 0 Å². The first-order valence-electron chi connectivity index (χ1n) is 8.11. The summed E-state index contributed by atoms with van der Waals surface area (Å²) in [5.74, 6) is 0.894. The van der Waals surface area contributed by atoms with Crippen molar-refractivity contribution in [2.45, 2.75) is 33.4 Å². The average Bonchev–Trinajstić information content (AvgIpc) is 3.15. The predicted molar refractivity (Wildman–Crippen MR) is 102 cm³/mol. The normalized spacial score (nSPS) is 20.8. The molecule has 1 atom stereocenters. The SMILES string of the molecule is Cc1ccc(OCc2nc(CN3CCC(C)(CN)C3)cs2)cc1.Cl. The highest BCUT2D eigenvalue weighted by atomic mass is 35.5. The molecule has 1 unspecified atom stereocenters. The van der Waals surface area contributed by atoms with Crippen LogP contribution in [0.5, 0.6) is 5.75 Å². The van der Waals surface area contributed by atoms with E-state index >= 15 is 0 Å². The Morgan fingerprint density at radius 1 is 1.33 bits per heavy atom. The number of likely N-dealkylation sites (tertiary alicyclic amines) is 1. The lowest BCUT2D eigenvalue weighted by Gasteiger charge is -2.22. The molecule has 0 radical (unpaired) electrons. The standard InChI is InChI=1S/C18H25N3OS.ClH/c1-14-3-5-16(6-4-14)22-10-17-20-15(11-23-17)9-21-8-7-18(2,12-19)13-21;/h3-6,11H,7-10,12-13,19H2,1-2H3;1H. The van der Waals surface area contributed by atoms with Crippen LogP contribution in [0.1, 0.15) is 29.6 Å². The molecular weight excluding hydrogens is 342 g/mol. The van der Waals surface area contributed by atoms with Crippen LogP contribution in [0.3, 0.4) is 0 Å². The van der Waals surface area contributed by atoms with Gasteiger partial charge in [-0.25, -0.2) is 4.98 Å². The molecule has 1 aromatic carbocycles. The number of rotatable bonds is 6. The number of hydrogen-bond acceptors (Lipinski definition) is 5. The maximum Gasteiger partial charge on any atom is 0.140 e. The zero-order chi connectivity index (χ0) is 16.3. The fraction of sp³-hybridized carbons (Fsp3) is 0.500. The lowest BCUT2D eigenvalue weighted by Crippen LogP contribution is -2.31. The summed E-state index contributed by atoms with van der Waals surface area (Å²) >= 11 is 1.67. The molecule has 132 valence electrons. The average molecular weight is 368 g/mol. The molecule has 24 heavy (non-hydrogen) atoms. The molecule has 2 heterocycles. The first-order chi connectivity index (χ1) is 11.1. The van der Waals surface area contributed by atoms with E-state index in [4.69, 9.17) is 15.5 Å². The Kier molecular flexibility index (Phi) is 6.63. The molecule has 1 aromatic heterocycles. The van der Waals surface area contributed by atoms with Crippen LogP contribution in [0.25, 0.3) is 0 Å². The zero-order valence-corrected chi connectivity index (χ0v) is 16.0. The third kappa shape index (κ3) is 4.93. The van der Waals surface area contributed by atoms with Crippen LogP contribution in [0.4, 0.5) is 0 Å². The van der Waals surface area contributed by atoms with Crippen molar-refractivity contribution in [3.05, 3.63) is 45.9 Å². The molecule has 1 saturated heterocycles. The van der Waals surface area contributed by atoms with Gasteiger partial charge in [-0.05, 0) is 44.0 Å². The van der Waals surface area contributed by atoms with Gasteiger partial charge in [0.25, 0.3) is 0 Å². The van der Waals surface area contributed by atoms with Crippen LogP contribution in [0.15, 0.2) is 29.6 Å². The number of nitrogens with two attached hydrogens (primary N) is 1. The second-order valence-corrected chi connectivity index (χ2v) is 7.75. The van der Waals surface area contributed by atoms with Crippen molar-refractivity contribution in [1.29, 1.82) is 0 Å². The Morgan fingerprint density at radius 3 is 2.75 bits per heavy atom. The van der Waals surface area contributed by atoms with E-state index in [1.54, 1.807) is 11.3 Å². The van der Waals surface area contributed by atoms with Gasteiger partial charge in [-0.1, -0.05) is 24.6 Å². The molecule has 0 spiro atoms. The van der Waals surface area contributed by atoms with E-state index in [0.717, 1.165) is 42.6 Å². The molecule has 1 aliphatic rings. The monoisotopic (exact) mass is 367 g/mol. The molecule has 4 nitrogen and oxygen atoms in total. The Labute approximate surface area is 154 Å². The Balaban J connectivity index is 0.00000208. The van der Waals surface area contributed by atoms with Crippen molar-refractivity contribution in [3.8, 4) is 5.75 Å². The minimum atomic E-state index is 0. The lowest BCUT2D eigenvalue weighted by molar-refractivity contribution is 0.271. The third-order valence-electron chi connectivity index (χ3n) is 4.50. The largest absolute Gasteiger partial charge is 0.486 e. The molecule has 1 aliphatic heterocycles. The summed E-state index contributed by atoms with van der Waals surface area (Å²) in [5.41, 5.74) is 8.52. The van der Waals surface area contributed by atoms with Crippen LogP contribution in [0, 0.1) is 12.3 Å². The van der Waals surface area contributed by atoms with E-state index in [0.29, 0.717) is 6.61 Å². The van der Waals surface area contributed by atoms with Gasteiger partial charge < -0.3 is 10.5 Å². The molecule has 0 amide bonds. The highest BCUT2D eigenvalue weighted by Gasteiger charge is 2.32. The molecule has 2 aromatic rings. The second-order valence-electron chi connectivity index (χ2n) is 6.81. The highest BCUT2D eigenvalue weighted by Crippen LogP contribution is 2.29. The molecule has 0 bridgehead atoms. The van der Waals surface area contributed by atoms with Gasteiger partial charge in [0.05, 0.1) is 5.69 Å². The van der Waals surface area contributed by atoms with Gasteiger partial charge in [0, 0.05) is 18.5 Å². The highest BCUT2D eigenvalue weighted by molar-refractivity contribution is 7.09. The molecule has 0 aliphatic carbocycles. The summed E-state index contributed by atoms with van der Waals surface area (Å²) in [6, 6.07) is 8.12. The van der Waals surface area contributed by atoms with Gasteiger partial charge in [0.15, 0.2) is 0 Å². The summed E-state index contributed by atoms with van der Waals surface area (Å²) in [6.07, 6.45) is 1.18. The number of benzene rings is 1. The lowest BCUT2D eigenvalue weighted by atomic mass is 9.90. The number of halogens is 1. The van der Waals surface area contributed by atoms with E-state index < -0.39 is 0 Å². The van der Waals surface area contributed by atoms with E-state index in [1.807, 2.05) is 12.1 Å².